The van der Waals surface area contributed by atoms with E-state index in [1.54, 1.807) is 55.1 Å². The highest BCUT2D eigenvalue weighted by atomic mass is 16.4. The predicted molar refractivity (Wildman–Crippen MR) is 129 cm³/mol. The van der Waals surface area contributed by atoms with Crippen molar-refractivity contribution in [3.63, 3.8) is 0 Å². The van der Waals surface area contributed by atoms with E-state index in [2.05, 4.69) is 0 Å². The van der Waals surface area contributed by atoms with Crippen LogP contribution in [-0.4, -0.2) is 19.6 Å². The fraction of sp³-hybridized carbons (Fsp3) is 0.111. The van der Waals surface area contributed by atoms with Gasteiger partial charge in [-0.1, -0.05) is 42.5 Å². The summed E-state index contributed by atoms with van der Waals surface area (Å²) in [7, 11) is 1.77. The summed E-state index contributed by atoms with van der Waals surface area (Å²) in [6.45, 7) is 1.79. The number of benzene rings is 3. The SMILES string of the molecule is Cc1c([C@@H](c2ccc(O)cc2)c2c(O)c3ccccc3oc2=O)c(=O)n(-c2ccccc2)n1C. The van der Waals surface area contributed by atoms with Crippen LogP contribution in [0.2, 0.25) is 0 Å². The highest BCUT2D eigenvalue weighted by Crippen LogP contribution is 2.38. The predicted octanol–water partition coefficient (Wildman–Crippen LogP) is 4.18. The lowest BCUT2D eigenvalue weighted by atomic mass is 9.85. The van der Waals surface area contributed by atoms with Crippen LogP contribution in [0.1, 0.15) is 28.3 Å². The molecule has 3 aromatic carbocycles. The molecule has 2 heterocycles. The van der Waals surface area contributed by atoms with E-state index in [0.29, 0.717) is 27.9 Å². The second-order valence-corrected chi connectivity index (χ2v) is 8.15. The fourth-order valence-corrected chi connectivity index (χ4v) is 4.47. The number of rotatable bonds is 4. The molecule has 34 heavy (non-hydrogen) atoms. The average Bonchev–Trinajstić information content (AvgIpc) is 3.06. The molecule has 0 spiro atoms. The third kappa shape index (κ3) is 3.29. The molecule has 0 bridgehead atoms. The number of para-hydroxylation sites is 2. The average molecular weight is 454 g/mol. The van der Waals surface area contributed by atoms with Gasteiger partial charge in [-0.15, -0.1) is 0 Å². The minimum absolute atomic E-state index is 0.0320. The highest BCUT2D eigenvalue weighted by Gasteiger charge is 2.32. The molecule has 0 aliphatic heterocycles. The van der Waals surface area contributed by atoms with Crippen molar-refractivity contribution in [2.24, 2.45) is 7.05 Å². The molecule has 1 atom stereocenters. The lowest BCUT2D eigenvalue weighted by Gasteiger charge is -2.18. The Labute approximate surface area is 194 Å². The first-order chi connectivity index (χ1) is 16.4. The molecule has 0 saturated heterocycles. The third-order valence-corrected chi connectivity index (χ3v) is 6.22. The van der Waals surface area contributed by atoms with Crippen LogP contribution in [0.15, 0.2) is 92.9 Å². The summed E-state index contributed by atoms with van der Waals surface area (Å²) < 4.78 is 8.79. The van der Waals surface area contributed by atoms with Gasteiger partial charge in [-0.2, -0.15) is 0 Å². The number of phenolic OH excluding ortho intramolecular Hbond substituents is 1. The Morgan fingerprint density at radius 2 is 1.47 bits per heavy atom. The standard InChI is InChI=1S/C27H22N2O5/c1-16-22(26(32)29(28(16)2)18-8-4-3-5-9-18)23(17-12-14-19(30)15-13-17)24-25(31)20-10-6-7-11-21(20)34-27(24)33/h3-15,23,30-31H,1-2H3/t23-/m1/s1. The summed E-state index contributed by atoms with van der Waals surface area (Å²) in [5.74, 6) is -1.12. The van der Waals surface area contributed by atoms with Gasteiger partial charge in [0, 0.05) is 12.7 Å². The summed E-state index contributed by atoms with van der Waals surface area (Å²) in [4.78, 5) is 27.0. The van der Waals surface area contributed by atoms with E-state index in [4.69, 9.17) is 4.42 Å². The molecule has 0 fully saturated rings. The minimum Gasteiger partial charge on any atom is -0.508 e. The maximum atomic E-state index is 13.8. The second-order valence-electron chi connectivity index (χ2n) is 8.15. The van der Waals surface area contributed by atoms with Crippen molar-refractivity contribution in [3.8, 4) is 17.2 Å². The van der Waals surface area contributed by atoms with E-state index in [1.165, 1.54) is 16.8 Å². The maximum Gasteiger partial charge on any atom is 0.344 e. The van der Waals surface area contributed by atoms with E-state index < -0.39 is 11.5 Å². The first kappa shape index (κ1) is 21.3. The van der Waals surface area contributed by atoms with Crippen LogP contribution in [0.25, 0.3) is 16.7 Å². The Morgan fingerprint density at radius 3 is 2.18 bits per heavy atom. The molecule has 2 N–H and O–H groups in total. The first-order valence-corrected chi connectivity index (χ1v) is 10.8. The van der Waals surface area contributed by atoms with Gasteiger partial charge >= 0.3 is 5.63 Å². The molecule has 0 unspecified atom stereocenters. The van der Waals surface area contributed by atoms with Crippen molar-refractivity contribution in [3.05, 3.63) is 122 Å². The zero-order valence-corrected chi connectivity index (χ0v) is 18.6. The van der Waals surface area contributed by atoms with Crippen LogP contribution in [0.5, 0.6) is 11.5 Å². The van der Waals surface area contributed by atoms with Crippen LogP contribution in [-0.2, 0) is 7.05 Å². The normalized spacial score (nSPS) is 12.2. The van der Waals surface area contributed by atoms with Gasteiger partial charge < -0.3 is 14.6 Å². The van der Waals surface area contributed by atoms with E-state index in [0.717, 1.165) is 0 Å². The maximum absolute atomic E-state index is 13.8. The molecule has 0 radical (unpaired) electrons. The summed E-state index contributed by atoms with van der Waals surface area (Å²) >= 11 is 0. The zero-order chi connectivity index (χ0) is 24.0. The summed E-state index contributed by atoms with van der Waals surface area (Å²) in [6, 6.07) is 22.1. The molecule has 0 aliphatic rings. The van der Waals surface area contributed by atoms with E-state index in [-0.39, 0.29) is 28.2 Å². The fourth-order valence-electron chi connectivity index (χ4n) is 4.47. The van der Waals surface area contributed by atoms with Crippen molar-refractivity contribution in [1.29, 1.82) is 0 Å². The summed E-state index contributed by atoms with van der Waals surface area (Å²) in [5.41, 5.74) is 1.35. The molecule has 7 heteroatoms. The van der Waals surface area contributed by atoms with Crippen molar-refractivity contribution in [2.45, 2.75) is 12.8 Å². The second kappa shape index (κ2) is 8.12. The summed E-state index contributed by atoms with van der Waals surface area (Å²) in [6.07, 6.45) is 0. The van der Waals surface area contributed by atoms with Crippen LogP contribution in [0.3, 0.4) is 0 Å². The van der Waals surface area contributed by atoms with Gasteiger partial charge in [0.25, 0.3) is 5.56 Å². The number of fused-ring (bicyclic) bond motifs is 1. The number of aromatic nitrogens is 2. The molecular formula is C27H22N2O5. The molecule has 170 valence electrons. The molecule has 5 aromatic rings. The highest BCUT2D eigenvalue weighted by molar-refractivity contribution is 5.84. The lowest BCUT2D eigenvalue weighted by molar-refractivity contribution is 0.455. The smallest absolute Gasteiger partial charge is 0.344 e. The number of hydrogen-bond acceptors (Lipinski definition) is 5. The molecule has 2 aromatic heterocycles. The van der Waals surface area contributed by atoms with Gasteiger partial charge in [0.1, 0.15) is 17.1 Å². The van der Waals surface area contributed by atoms with Crippen LogP contribution in [0.4, 0.5) is 0 Å². The van der Waals surface area contributed by atoms with Gasteiger partial charge in [0.2, 0.25) is 0 Å². The quantitative estimate of drug-likeness (QED) is 0.397. The Hall–Kier alpha value is -4.52. The molecule has 0 aliphatic carbocycles. The lowest BCUT2D eigenvalue weighted by Crippen LogP contribution is -2.24. The van der Waals surface area contributed by atoms with E-state index in [1.807, 2.05) is 30.3 Å². The first-order valence-electron chi connectivity index (χ1n) is 10.8. The number of aromatic hydroxyl groups is 2. The van der Waals surface area contributed by atoms with Crippen molar-refractivity contribution in [2.75, 3.05) is 0 Å². The van der Waals surface area contributed by atoms with Gasteiger partial charge in [0.15, 0.2) is 0 Å². The van der Waals surface area contributed by atoms with Crippen LogP contribution >= 0.6 is 0 Å². The van der Waals surface area contributed by atoms with Crippen LogP contribution in [0, 0.1) is 6.92 Å². The Bertz CT molecular complexity index is 1630. The number of phenols is 1. The molecular weight excluding hydrogens is 432 g/mol. The third-order valence-electron chi connectivity index (χ3n) is 6.22. The monoisotopic (exact) mass is 454 g/mol. The minimum atomic E-state index is -0.926. The van der Waals surface area contributed by atoms with Gasteiger partial charge in [-0.3, -0.25) is 9.48 Å². The molecule has 0 saturated carbocycles. The Balaban J connectivity index is 1.87. The number of nitrogens with zero attached hydrogens (tertiary/aromatic N) is 2. The summed E-state index contributed by atoms with van der Waals surface area (Å²) in [5, 5.41) is 21.4. The van der Waals surface area contributed by atoms with Crippen LogP contribution < -0.4 is 11.2 Å². The topological polar surface area (TPSA) is 97.6 Å². The Kier molecular flexibility index (Phi) is 5.09. The van der Waals surface area contributed by atoms with E-state index >= 15 is 0 Å². The van der Waals surface area contributed by atoms with Crippen molar-refractivity contribution < 1.29 is 14.6 Å². The van der Waals surface area contributed by atoms with Gasteiger partial charge in [-0.25, -0.2) is 9.48 Å². The number of hydrogen-bond donors (Lipinski definition) is 2. The molecule has 0 amide bonds. The van der Waals surface area contributed by atoms with Crippen molar-refractivity contribution >= 4 is 11.0 Å². The van der Waals surface area contributed by atoms with Gasteiger partial charge in [-0.05, 0) is 48.9 Å². The zero-order valence-electron chi connectivity index (χ0n) is 18.6. The molecule has 5 rings (SSSR count). The van der Waals surface area contributed by atoms with Crippen molar-refractivity contribution in [1.82, 2.24) is 9.36 Å². The van der Waals surface area contributed by atoms with E-state index in [9.17, 15) is 19.8 Å². The molecule has 7 nitrogen and oxygen atoms in total. The largest absolute Gasteiger partial charge is 0.508 e. The van der Waals surface area contributed by atoms with Gasteiger partial charge in [0.05, 0.1) is 28.1 Å². The Morgan fingerprint density at radius 1 is 0.824 bits per heavy atom.